The molecule has 6 aromatic rings. The van der Waals surface area contributed by atoms with E-state index in [1.54, 1.807) is 14.2 Å². The summed E-state index contributed by atoms with van der Waals surface area (Å²) in [5.41, 5.74) is 0.799. The number of benzene rings is 6. The highest BCUT2D eigenvalue weighted by atomic mass is 31.1. The first-order valence-electron chi connectivity index (χ1n) is 14.2. The third kappa shape index (κ3) is 5.67. The molecule has 0 aliphatic carbocycles. The fourth-order valence-electron chi connectivity index (χ4n) is 5.47. The topological polar surface area (TPSA) is 58.9 Å². The average Bonchev–Trinajstić information content (AvgIpc) is 3.08. The van der Waals surface area contributed by atoms with Gasteiger partial charge >= 0.3 is 0 Å². The van der Waals surface area contributed by atoms with E-state index >= 15 is 0 Å². The van der Waals surface area contributed by atoms with Crippen LogP contribution >= 0.6 is 15.8 Å². The largest absolute Gasteiger partial charge is 0.506 e. The molecule has 6 rings (SSSR count). The highest BCUT2D eigenvalue weighted by molar-refractivity contribution is 7.80. The van der Waals surface area contributed by atoms with Gasteiger partial charge in [0.1, 0.15) is 23.0 Å². The van der Waals surface area contributed by atoms with Crippen molar-refractivity contribution in [3.8, 4) is 34.1 Å². The number of phenols is 2. The second kappa shape index (κ2) is 13.3. The van der Waals surface area contributed by atoms with E-state index in [-0.39, 0.29) is 11.5 Å². The Morgan fingerprint density at radius 3 is 0.909 bits per heavy atom. The van der Waals surface area contributed by atoms with Crippen molar-refractivity contribution in [1.29, 1.82) is 0 Å². The molecule has 0 unspecified atom stereocenters. The molecule has 6 heteroatoms. The van der Waals surface area contributed by atoms with Gasteiger partial charge < -0.3 is 19.7 Å². The van der Waals surface area contributed by atoms with E-state index in [1.165, 1.54) is 0 Å². The van der Waals surface area contributed by atoms with Gasteiger partial charge in [-0.15, -0.1) is 0 Å². The predicted octanol–water partition coefficient (Wildman–Crippen LogP) is 6.30. The minimum absolute atomic E-state index is 0.0534. The molecule has 0 aliphatic heterocycles. The average molecular weight is 615 g/mol. The van der Waals surface area contributed by atoms with Gasteiger partial charge in [-0.05, 0) is 61.3 Å². The molecule has 0 aliphatic rings. The smallest absolute Gasteiger partial charge is 0.135 e. The Morgan fingerprint density at radius 1 is 0.386 bits per heavy atom. The van der Waals surface area contributed by atoms with E-state index in [4.69, 9.17) is 9.47 Å². The van der Waals surface area contributed by atoms with Gasteiger partial charge in [-0.2, -0.15) is 0 Å². The zero-order valence-electron chi connectivity index (χ0n) is 24.5. The molecular weight excluding hydrogens is 582 g/mol. The summed E-state index contributed by atoms with van der Waals surface area (Å²) in [7, 11) is 0.884. The van der Waals surface area contributed by atoms with E-state index in [9.17, 15) is 10.2 Å². The van der Waals surface area contributed by atoms with Crippen LogP contribution in [0.1, 0.15) is 0 Å². The first-order chi connectivity index (χ1) is 21.6. The minimum Gasteiger partial charge on any atom is -0.506 e. The Kier molecular flexibility index (Phi) is 8.94. The maximum atomic E-state index is 12.2. The van der Waals surface area contributed by atoms with E-state index in [0.29, 0.717) is 22.6 Å². The third-order valence-corrected chi connectivity index (χ3v) is 12.4. The zero-order valence-corrected chi connectivity index (χ0v) is 26.3. The standard InChI is InChI=1S/C38H32O4P2/c1-41-31-23-25-33(43(27-15-7-3-8-16-27)28-17-9-4-10-18-28)37(39)35(31)36-32(42-2)24-26-34(38(36)40)44(29-19-11-5-12-20-29)30-21-13-6-14-22-30/h3-26,39-40H,1-2H3. The molecule has 4 nitrogen and oxygen atoms in total. The van der Waals surface area contributed by atoms with E-state index in [1.807, 2.05) is 97.1 Å². The van der Waals surface area contributed by atoms with Crippen LogP contribution in [0.25, 0.3) is 11.1 Å². The van der Waals surface area contributed by atoms with E-state index in [2.05, 4.69) is 48.5 Å². The normalized spacial score (nSPS) is 11.1. The van der Waals surface area contributed by atoms with Crippen LogP contribution in [-0.2, 0) is 0 Å². The first-order valence-corrected chi connectivity index (χ1v) is 16.9. The fourth-order valence-corrected chi connectivity index (χ4v) is 10.2. The molecule has 0 heterocycles. The maximum Gasteiger partial charge on any atom is 0.135 e. The van der Waals surface area contributed by atoms with Crippen molar-refractivity contribution < 1.29 is 19.7 Å². The molecule has 0 saturated heterocycles. The predicted molar refractivity (Wildman–Crippen MR) is 186 cm³/mol. The molecule has 6 aromatic carbocycles. The van der Waals surface area contributed by atoms with E-state index < -0.39 is 15.8 Å². The minimum atomic E-state index is -1.13. The Hall–Kier alpha value is -4.62. The van der Waals surface area contributed by atoms with Crippen LogP contribution < -0.4 is 41.3 Å². The van der Waals surface area contributed by atoms with Crippen molar-refractivity contribution in [3.63, 3.8) is 0 Å². The Bertz CT molecular complexity index is 1630. The summed E-state index contributed by atoms with van der Waals surface area (Å²) in [6.07, 6.45) is 0. The molecule has 218 valence electrons. The molecule has 0 radical (unpaired) electrons. The van der Waals surface area contributed by atoms with E-state index in [0.717, 1.165) is 31.8 Å². The number of phenolic OH excluding ortho intramolecular Hbond substituents is 2. The number of methoxy groups -OCH3 is 2. The third-order valence-electron chi connectivity index (χ3n) is 7.47. The van der Waals surface area contributed by atoms with Gasteiger partial charge in [0.25, 0.3) is 0 Å². The van der Waals surface area contributed by atoms with Crippen molar-refractivity contribution in [1.82, 2.24) is 0 Å². The molecule has 0 spiro atoms. The van der Waals surface area contributed by atoms with Gasteiger partial charge in [-0.25, -0.2) is 0 Å². The second-order valence-corrected chi connectivity index (χ2v) is 14.4. The molecular formula is C38H32O4P2. The van der Waals surface area contributed by atoms with Gasteiger partial charge in [0, 0.05) is 10.6 Å². The molecule has 0 bridgehead atoms. The zero-order chi connectivity index (χ0) is 30.5. The molecule has 44 heavy (non-hydrogen) atoms. The Labute approximate surface area is 260 Å². The number of aromatic hydroxyl groups is 2. The van der Waals surface area contributed by atoms with Crippen molar-refractivity contribution in [3.05, 3.63) is 146 Å². The molecule has 0 saturated carbocycles. The Morgan fingerprint density at radius 2 is 0.659 bits per heavy atom. The molecule has 0 fully saturated rings. The lowest BCUT2D eigenvalue weighted by Crippen LogP contribution is -2.22. The van der Waals surface area contributed by atoms with Gasteiger partial charge in [-0.3, -0.25) is 0 Å². The van der Waals surface area contributed by atoms with Crippen molar-refractivity contribution >= 4 is 47.7 Å². The summed E-state index contributed by atoms with van der Waals surface area (Å²) < 4.78 is 11.7. The number of rotatable bonds is 9. The lowest BCUT2D eigenvalue weighted by molar-refractivity contribution is 0.401. The van der Waals surface area contributed by atoms with Crippen LogP contribution in [0, 0.1) is 0 Å². The van der Waals surface area contributed by atoms with Crippen molar-refractivity contribution in [2.24, 2.45) is 0 Å². The number of hydrogen-bond acceptors (Lipinski definition) is 4. The van der Waals surface area contributed by atoms with Crippen LogP contribution in [0.3, 0.4) is 0 Å². The molecule has 0 amide bonds. The highest BCUT2D eigenvalue weighted by Gasteiger charge is 2.30. The van der Waals surface area contributed by atoms with Gasteiger partial charge in [-0.1, -0.05) is 121 Å². The number of ether oxygens (including phenoxy) is 2. The lowest BCUT2D eigenvalue weighted by atomic mass is 10.0. The van der Waals surface area contributed by atoms with Crippen LogP contribution in [0.4, 0.5) is 0 Å². The fraction of sp³-hybridized carbons (Fsp3) is 0.0526. The summed E-state index contributed by atoms with van der Waals surface area (Å²) in [5, 5.41) is 30.4. The van der Waals surface area contributed by atoms with Crippen LogP contribution in [0.15, 0.2) is 146 Å². The quantitative estimate of drug-likeness (QED) is 0.188. The SMILES string of the molecule is COc1ccc(P(c2ccccc2)c2ccccc2)c(O)c1-c1c(OC)ccc(P(c2ccccc2)c2ccccc2)c1O. The van der Waals surface area contributed by atoms with Crippen LogP contribution in [0.5, 0.6) is 23.0 Å². The van der Waals surface area contributed by atoms with Crippen molar-refractivity contribution in [2.75, 3.05) is 14.2 Å². The summed E-state index contributed by atoms with van der Waals surface area (Å²) >= 11 is 0. The highest BCUT2D eigenvalue weighted by Crippen LogP contribution is 2.51. The summed E-state index contributed by atoms with van der Waals surface area (Å²) in [5.74, 6) is 0.990. The molecule has 0 atom stereocenters. The van der Waals surface area contributed by atoms with Gasteiger partial charge in [0.15, 0.2) is 0 Å². The first kappa shape index (κ1) is 29.5. The van der Waals surface area contributed by atoms with Crippen LogP contribution in [-0.4, -0.2) is 24.4 Å². The Balaban J connectivity index is 1.61. The number of hydrogen-bond donors (Lipinski definition) is 2. The van der Waals surface area contributed by atoms with Gasteiger partial charge in [0.05, 0.1) is 25.3 Å². The monoisotopic (exact) mass is 614 g/mol. The summed E-state index contributed by atoms with van der Waals surface area (Å²) in [6.45, 7) is 0. The van der Waals surface area contributed by atoms with Crippen molar-refractivity contribution in [2.45, 2.75) is 0 Å². The molecule has 2 N–H and O–H groups in total. The summed E-state index contributed by atoms with van der Waals surface area (Å²) in [6, 6.07) is 48.4. The summed E-state index contributed by atoms with van der Waals surface area (Å²) in [4.78, 5) is 0. The maximum absolute atomic E-state index is 12.2. The van der Waals surface area contributed by atoms with Gasteiger partial charge in [0.2, 0.25) is 0 Å². The van der Waals surface area contributed by atoms with Crippen LogP contribution in [0.2, 0.25) is 0 Å². The lowest BCUT2D eigenvalue weighted by Gasteiger charge is -2.25. The molecule has 0 aromatic heterocycles. The second-order valence-electron chi connectivity index (χ2n) is 10.0.